The van der Waals surface area contributed by atoms with Crippen LogP contribution in [0.2, 0.25) is 0 Å². The van der Waals surface area contributed by atoms with E-state index >= 15 is 0 Å². The Kier molecular flexibility index (Phi) is 6.85. The summed E-state index contributed by atoms with van der Waals surface area (Å²) in [5, 5.41) is 3.59. The fourth-order valence-corrected chi connectivity index (χ4v) is 3.74. The number of ketones is 1. The van der Waals surface area contributed by atoms with Gasteiger partial charge < -0.3 is 15.0 Å². The highest BCUT2D eigenvalue weighted by molar-refractivity contribution is 5.95. The predicted octanol–water partition coefficient (Wildman–Crippen LogP) is 2.82. The van der Waals surface area contributed by atoms with Crippen LogP contribution in [0.1, 0.15) is 49.4 Å². The maximum Gasteiger partial charge on any atom is 0.260 e. The fraction of sp³-hybridized carbons (Fsp3) is 0.579. The quantitative estimate of drug-likeness (QED) is 0.786. The van der Waals surface area contributed by atoms with Gasteiger partial charge >= 0.3 is 0 Å². The first-order valence-electron chi connectivity index (χ1n) is 8.84. The lowest BCUT2D eigenvalue weighted by molar-refractivity contribution is -0.134. The van der Waals surface area contributed by atoms with Gasteiger partial charge in [0.05, 0.1) is 0 Å². The molecule has 2 heterocycles. The fourth-order valence-electron chi connectivity index (χ4n) is 3.74. The summed E-state index contributed by atoms with van der Waals surface area (Å²) in [5.74, 6) is 0.739. The topological polar surface area (TPSA) is 58.6 Å². The van der Waals surface area contributed by atoms with E-state index in [1.165, 1.54) is 12.8 Å². The van der Waals surface area contributed by atoms with Crippen molar-refractivity contribution in [2.24, 2.45) is 0 Å². The normalized spacial score (nSPS) is 24.3. The van der Waals surface area contributed by atoms with E-state index in [1.54, 1.807) is 24.3 Å². The van der Waals surface area contributed by atoms with E-state index in [-0.39, 0.29) is 30.7 Å². The highest BCUT2D eigenvalue weighted by Gasteiger charge is 2.36. The van der Waals surface area contributed by atoms with E-state index < -0.39 is 0 Å². The molecule has 6 heteroatoms. The Morgan fingerprint density at radius 2 is 1.76 bits per heavy atom. The summed E-state index contributed by atoms with van der Waals surface area (Å²) < 4.78 is 5.60. The van der Waals surface area contributed by atoms with Crippen molar-refractivity contribution in [1.82, 2.24) is 10.2 Å². The molecule has 2 fully saturated rings. The van der Waals surface area contributed by atoms with E-state index in [2.05, 4.69) is 5.32 Å². The minimum atomic E-state index is 0. The number of halogens is 1. The van der Waals surface area contributed by atoms with Gasteiger partial charge in [-0.05, 0) is 49.9 Å². The molecule has 1 aromatic rings. The van der Waals surface area contributed by atoms with Gasteiger partial charge in [-0.3, -0.25) is 9.59 Å². The lowest BCUT2D eigenvalue weighted by Gasteiger charge is -2.35. The number of ether oxygens (including phenoxy) is 1. The number of hydrogen-bond acceptors (Lipinski definition) is 4. The number of benzene rings is 1. The molecule has 0 radical (unpaired) electrons. The number of carbonyl (C=O) groups is 2. The molecule has 5 nitrogen and oxygen atoms in total. The van der Waals surface area contributed by atoms with Crippen molar-refractivity contribution < 1.29 is 14.3 Å². The Hall–Kier alpha value is -1.59. The molecule has 2 aliphatic rings. The lowest BCUT2D eigenvalue weighted by atomic mass is 9.98. The molecular weight excluding hydrogens is 340 g/mol. The number of fused-ring (bicyclic) bond motifs is 2. The third-order valence-electron chi connectivity index (χ3n) is 5.25. The first kappa shape index (κ1) is 19.7. The first-order chi connectivity index (χ1) is 11.6. The van der Waals surface area contributed by atoms with Crippen LogP contribution in [0.4, 0.5) is 0 Å². The first-order valence-corrected chi connectivity index (χ1v) is 8.84. The smallest absolute Gasteiger partial charge is 0.260 e. The molecule has 2 atom stereocenters. The molecule has 2 bridgehead atoms. The zero-order valence-electron chi connectivity index (χ0n) is 14.9. The summed E-state index contributed by atoms with van der Waals surface area (Å²) in [5.41, 5.74) is 0.679. The average molecular weight is 367 g/mol. The van der Waals surface area contributed by atoms with E-state index in [1.807, 2.05) is 18.9 Å². The van der Waals surface area contributed by atoms with Crippen LogP contribution in [0.25, 0.3) is 0 Å². The second-order valence-electron chi connectivity index (χ2n) is 6.86. The number of nitrogens with zero attached hydrogens (tertiary/aromatic N) is 1. The molecule has 2 aliphatic heterocycles. The van der Waals surface area contributed by atoms with Gasteiger partial charge in [-0.1, -0.05) is 6.92 Å². The summed E-state index contributed by atoms with van der Waals surface area (Å²) in [6.45, 7) is 1.88. The second-order valence-corrected chi connectivity index (χ2v) is 6.86. The van der Waals surface area contributed by atoms with Gasteiger partial charge in [0, 0.05) is 37.2 Å². The molecule has 0 aromatic heterocycles. The van der Waals surface area contributed by atoms with Crippen LogP contribution in [0, 0.1) is 0 Å². The van der Waals surface area contributed by atoms with E-state index in [0.29, 0.717) is 35.9 Å². The van der Waals surface area contributed by atoms with Crippen LogP contribution in [0.5, 0.6) is 5.75 Å². The summed E-state index contributed by atoms with van der Waals surface area (Å²) in [4.78, 5) is 25.9. The van der Waals surface area contributed by atoms with Gasteiger partial charge in [-0.2, -0.15) is 0 Å². The molecule has 1 aromatic carbocycles. The zero-order valence-corrected chi connectivity index (χ0v) is 15.7. The molecule has 0 aliphatic carbocycles. The van der Waals surface area contributed by atoms with Crippen molar-refractivity contribution >= 4 is 24.1 Å². The van der Waals surface area contributed by atoms with Gasteiger partial charge in [0.1, 0.15) is 5.75 Å². The van der Waals surface area contributed by atoms with E-state index in [9.17, 15) is 9.59 Å². The number of Topliss-reactive ketones (excluding diaryl/α,β-unsaturated/α-hetero) is 1. The molecule has 3 rings (SSSR count). The van der Waals surface area contributed by atoms with Crippen molar-refractivity contribution in [3.63, 3.8) is 0 Å². The van der Waals surface area contributed by atoms with Gasteiger partial charge in [0.2, 0.25) is 0 Å². The van der Waals surface area contributed by atoms with Crippen LogP contribution < -0.4 is 10.1 Å². The van der Waals surface area contributed by atoms with Crippen molar-refractivity contribution in [2.75, 3.05) is 13.7 Å². The number of likely N-dealkylation sites (N-methyl/N-ethyl adjacent to an activating group) is 1. The van der Waals surface area contributed by atoms with Crippen LogP contribution in [0.3, 0.4) is 0 Å². The summed E-state index contributed by atoms with van der Waals surface area (Å²) in [6, 6.07) is 8.44. The Morgan fingerprint density at radius 3 is 2.32 bits per heavy atom. The van der Waals surface area contributed by atoms with Gasteiger partial charge in [0.25, 0.3) is 5.91 Å². The Bertz CT molecular complexity index is 593. The second kappa shape index (κ2) is 8.68. The van der Waals surface area contributed by atoms with Gasteiger partial charge in [-0.25, -0.2) is 0 Å². The van der Waals surface area contributed by atoms with Crippen LogP contribution >= 0.6 is 12.4 Å². The standard InChI is InChI=1S/C19H26N2O3.ClH/c1-3-18(22)13-4-8-17(9-5-13)24-12-19(23)21(2)16-10-14-6-7-15(11-16)20-14;/h4-5,8-9,14-16,20H,3,6-7,10-12H2,1-2H3;1H. The zero-order chi connectivity index (χ0) is 17.1. The summed E-state index contributed by atoms with van der Waals surface area (Å²) in [6.07, 6.45) is 5.01. The predicted molar refractivity (Wildman–Crippen MR) is 99.5 cm³/mol. The number of hydrogen-bond donors (Lipinski definition) is 1. The highest BCUT2D eigenvalue weighted by Crippen LogP contribution is 2.29. The van der Waals surface area contributed by atoms with Crippen molar-refractivity contribution in [1.29, 1.82) is 0 Å². The third kappa shape index (κ3) is 4.73. The Morgan fingerprint density at radius 1 is 1.16 bits per heavy atom. The molecule has 0 spiro atoms. The lowest BCUT2D eigenvalue weighted by Crippen LogP contribution is -2.49. The highest BCUT2D eigenvalue weighted by atomic mass is 35.5. The molecule has 0 saturated carbocycles. The van der Waals surface area contributed by atoms with Crippen molar-refractivity contribution in [3.8, 4) is 5.75 Å². The number of carbonyl (C=O) groups excluding carboxylic acids is 2. The molecule has 138 valence electrons. The van der Waals surface area contributed by atoms with Crippen molar-refractivity contribution in [2.45, 2.75) is 57.2 Å². The Balaban J connectivity index is 0.00000225. The SMILES string of the molecule is CCC(=O)c1ccc(OCC(=O)N(C)C2CC3CCC(C2)N3)cc1.Cl. The molecule has 2 saturated heterocycles. The van der Waals surface area contributed by atoms with Gasteiger partial charge in [0.15, 0.2) is 12.4 Å². The maximum atomic E-state index is 12.4. The minimum Gasteiger partial charge on any atom is -0.484 e. The van der Waals surface area contributed by atoms with Crippen molar-refractivity contribution in [3.05, 3.63) is 29.8 Å². The number of amides is 1. The third-order valence-corrected chi connectivity index (χ3v) is 5.25. The molecule has 25 heavy (non-hydrogen) atoms. The monoisotopic (exact) mass is 366 g/mol. The maximum absolute atomic E-state index is 12.4. The van der Waals surface area contributed by atoms with Crippen LogP contribution in [-0.2, 0) is 4.79 Å². The minimum absolute atomic E-state index is 0. The molecule has 1 amide bonds. The number of piperidine rings is 1. The van der Waals surface area contributed by atoms with Gasteiger partial charge in [-0.15, -0.1) is 12.4 Å². The van der Waals surface area contributed by atoms with E-state index in [4.69, 9.17) is 4.74 Å². The number of nitrogens with one attached hydrogen (secondary N) is 1. The molecule has 2 unspecified atom stereocenters. The average Bonchev–Trinajstić information content (AvgIpc) is 2.96. The van der Waals surface area contributed by atoms with Crippen LogP contribution in [-0.4, -0.2) is 48.4 Å². The number of rotatable bonds is 6. The largest absolute Gasteiger partial charge is 0.484 e. The summed E-state index contributed by atoms with van der Waals surface area (Å²) in [7, 11) is 1.88. The van der Waals surface area contributed by atoms with E-state index in [0.717, 1.165) is 12.8 Å². The molecular formula is C19H27ClN2O3. The van der Waals surface area contributed by atoms with Crippen LogP contribution in [0.15, 0.2) is 24.3 Å². The summed E-state index contributed by atoms with van der Waals surface area (Å²) >= 11 is 0. The Labute approximate surface area is 155 Å². The molecule has 1 N–H and O–H groups in total.